The van der Waals surface area contributed by atoms with Crippen LogP contribution in [0.3, 0.4) is 0 Å². The van der Waals surface area contributed by atoms with Crippen molar-refractivity contribution < 1.29 is 19.4 Å². The summed E-state index contributed by atoms with van der Waals surface area (Å²) in [7, 11) is 1.23. The average Bonchev–Trinajstić information content (AvgIpc) is 2.59. The highest BCUT2D eigenvalue weighted by Crippen LogP contribution is 2.20. The van der Waals surface area contributed by atoms with Gasteiger partial charge in [-0.05, 0) is 23.3 Å². The van der Waals surface area contributed by atoms with Gasteiger partial charge in [-0.2, -0.15) is 0 Å². The van der Waals surface area contributed by atoms with E-state index in [0.717, 1.165) is 0 Å². The summed E-state index contributed by atoms with van der Waals surface area (Å²) in [6.07, 6.45) is 2.96. The summed E-state index contributed by atoms with van der Waals surface area (Å²) >= 11 is 0. The van der Waals surface area contributed by atoms with Crippen LogP contribution in [0, 0.1) is 0 Å². The van der Waals surface area contributed by atoms with Crippen LogP contribution in [-0.4, -0.2) is 24.2 Å². The first-order valence-corrected chi connectivity index (χ1v) is 6.97. The van der Waals surface area contributed by atoms with Crippen LogP contribution in [0.5, 0.6) is 0 Å². The molecule has 116 valence electrons. The van der Waals surface area contributed by atoms with Crippen molar-refractivity contribution in [2.75, 3.05) is 7.11 Å². The summed E-state index contributed by atoms with van der Waals surface area (Å²) < 4.78 is 4.74. The number of esters is 1. The molecule has 0 unspecified atom stereocenters. The number of carboxylic acid groups (broad SMARTS) is 1. The molecule has 2 rings (SSSR count). The van der Waals surface area contributed by atoms with Crippen molar-refractivity contribution in [3.63, 3.8) is 0 Å². The quantitative estimate of drug-likeness (QED) is 0.522. The van der Waals surface area contributed by atoms with Crippen LogP contribution in [0.4, 0.5) is 0 Å². The van der Waals surface area contributed by atoms with Crippen LogP contribution < -0.4 is 0 Å². The first kappa shape index (κ1) is 16.2. The van der Waals surface area contributed by atoms with Crippen molar-refractivity contribution in [3.05, 3.63) is 82.9 Å². The van der Waals surface area contributed by atoms with Gasteiger partial charge < -0.3 is 9.84 Å². The van der Waals surface area contributed by atoms with Crippen molar-refractivity contribution >= 4 is 24.1 Å². The lowest BCUT2D eigenvalue weighted by atomic mass is 10.0. The molecule has 23 heavy (non-hydrogen) atoms. The number of carbonyl (C=O) groups excluding carboxylic acids is 1. The number of hydrogen-bond acceptors (Lipinski definition) is 3. The van der Waals surface area contributed by atoms with Gasteiger partial charge in [-0.3, -0.25) is 0 Å². The van der Waals surface area contributed by atoms with Gasteiger partial charge in [-0.15, -0.1) is 0 Å². The molecule has 0 radical (unpaired) electrons. The summed E-state index contributed by atoms with van der Waals surface area (Å²) in [5.41, 5.74) is 1.28. The Morgan fingerprint density at radius 2 is 1.26 bits per heavy atom. The lowest BCUT2D eigenvalue weighted by molar-refractivity contribution is -0.138. The topological polar surface area (TPSA) is 63.6 Å². The van der Waals surface area contributed by atoms with Crippen LogP contribution in [-0.2, 0) is 14.3 Å². The molecule has 4 nitrogen and oxygen atoms in total. The number of aliphatic carboxylic acids is 1. The predicted octanol–water partition coefficient (Wildman–Crippen LogP) is 3.41. The first-order valence-electron chi connectivity index (χ1n) is 6.97. The molecular weight excluding hydrogens is 292 g/mol. The Balaban J connectivity index is 2.55. The summed E-state index contributed by atoms with van der Waals surface area (Å²) in [5, 5.41) is 9.51. The third-order valence-electron chi connectivity index (χ3n) is 3.15. The Hall–Kier alpha value is -3.14. The monoisotopic (exact) mass is 308 g/mol. The van der Waals surface area contributed by atoms with Crippen molar-refractivity contribution in [2.24, 2.45) is 0 Å². The maximum atomic E-state index is 12.1. The zero-order chi connectivity index (χ0) is 16.7. The summed E-state index contributed by atoms with van der Waals surface area (Å²) in [6, 6.07) is 18.0. The number of hydrogen-bond donors (Lipinski definition) is 1. The molecule has 0 heterocycles. The van der Waals surface area contributed by atoms with Crippen LogP contribution in [0.2, 0.25) is 0 Å². The standard InChI is InChI=1S/C19H16O4/c1-23-19(22)17(13-15-10-6-3-7-11-15)16(18(20)21)12-14-8-4-2-5-9-14/h2-13H,1H3,(H,20,21)/b16-12+,17-13+. The fourth-order valence-electron chi connectivity index (χ4n) is 2.04. The van der Waals surface area contributed by atoms with Crippen LogP contribution in [0.15, 0.2) is 71.8 Å². The number of carboxylic acids is 1. The van der Waals surface area contributed by atoms with E-state index in [0.29, 0.717) is 11.1 Å². The van der Waals surface area contributed by atoms with Gasteiger partial charge in [0.15, 0.2) is 0 Å². The van der Waals surface area contributed by atoms with Gasteiger partial charge in [0.05, 0.1) is 18.3 Å². The largest absolute Gasteiger partial charge is 0.478 e. The Morgan fingerprint density at radius 3 is 1.65 bits per heavy atom. The zero-order valence-corrected chi connectivity index (χ0v) is 12.6. The number of methoxy groups -OCH3 is 1. The van der Waals surface area contributed by atoms with Crippen molar-refractivity contribution in [1.82, 2.24) is 0 Å². The van der Waals surface area contributed by atoms with E-state index in [1.54, 1.807) is 36.4 Å². The van der Waals surface area contributed by atoms with Crippen molar-refractivity contribution in [3.8, 4) is 0 Å². The van der Waals surface area contributed by atoms with E-state index in [9.17, 15) is 14.7 Å². The molecule has 0 aliphatic rings. The molecule has 0 aromatic heterocycles. The van der Waals surface area contributed by atoms with Crippen LogP contribution in [0.25, 0.3) is 12.2 Å². The average molecular weight is 308 g/mol. The molecule has 0 bridgehead atoms. The summed E-state index contributed by atoms with van der Waals surface area (Å²) in [5.74, 6) is -1.89. The Labute approximate surface area is 134 Å². The van der Waals surface area contributed by atoms with E-state index < -0.39 is 11.9 Å². The van der Waals surface area contributed by atoms with E-state index in [2.05, 4.69) is 0 Å². The van der Waals surface area contributed by atoms with Gasteiger partial charge in [-0.1, -0.05) is 60.7 Å². The number of ether oxygens (including phenoxy) is 1. The molecule has 0 fully saturated rings. The summed E-state index contributed by atoms with van der Waals surface area (Å²) in [6.45, 7) is 0. The van der Waals surface area contributed by atoms with Crippen molar-refractivity contribution in [1.29, 1.82) is 0 Å². The van der Waals surface area contributed by atoms with Gasteiger partial charge in [0.25, 0.3) is 0 Å². The third-order valence-corrected chi connectivity index (χ3v) is 3.15. The second kappa shape index (κ2) is 7.75. The Kier molecular flexibility index (Phi) is 5.47. The van der Waals surface area contributed by atoms with E-state index in [1.165, 1.54) is 19.3 Å². The van der Waals surface area contributed by atoms with Gasteiger partial charge in [-0.25, -0.2) is 9.59 Å². The smallest absolute Gasteiger partial charge is 0.338 e. The number of rotatable bonds is 5. The Morgan fingerprint density at radius 1 is 0.826 bits per heavy atom. The minimum atomic E-state index is -1.19. The lowest BCUT2D eigenvalue weighted by Crippen LogP contribution is -2.13. The fourth-order valence-corrected chi connectivity index (χ4v) is 2.04. The second-order valence-electron chi connectivity index (χ2n) is 4.73. The molecule has 0 aliphatic heterocycles. The van der Waals surface area contributed by atoms with Gasteiger partial charge in [0.1, 0.15) is 0 Å². The van der Waals surface area contributed by atoms with E-state index in [-0.39, 0.29) is 11.1 Å². The van der Waals surface area contributed by atoms with Gasteiger partial charge >= 0.3 is 11.9 Å². The molecule has 0 atom stereocenters. The van der Waals surface area contributed by atoms with Crippen molar-refractivity contribution in [2.45, 2.75) is 0 Å². The number of benzene rings is 2. The molecule has 0 aliphatic carbocycles. The SMILES string of the molecule is COC(=O)C(=C/c1ccccc1)/C(=C\c1ccccc1)C(=O)O. The number of carbonyl (C=O) groups is 2. The van der Waals surface area contributed by atoms with Gasteiger partial charge in [0, 0.05) is 0 Å². The highest BCUT2D eigenvalue weighted by Gasteiger charge is 2.21. The first-order chi connectivity index (χ1) is 11.1. The van der Waals surface area contributed by atoms with Gasteiger partial charge in [0.2, 0.25) is 0 Å². The lowest BCUT2D eigenvalue weighted by Gasteiger charge is -2.07. The minimum absolute atomic E-state index is 0.00458. The maximum absolute atomic E-state index is 12.1. The molecule has 2 aromatic rings. The zero-order valence-electron chi connectivity index (χ0n) is 12.6. The Bertz CT molecular complexity index is 743. The third kappa shape index (κ3) is 4.41. The second-order valence-corrected chi connectivity index (χ2v) is 4.73. The predicted molar refractivity (Wildman–Crippen MR) is 88.5 cm³/mol. The van der Waals surface area contributed by atoms with Crippen LogP contribution in [0.1, 0.15) is 11.1 Å². The van der Waals surface area contributed by atoms with E-state index >= 15 is 0 Å². The maximum Gasteiger partial charge on any atom is 0.338 e. The molecule has 0 amide bonds. The molecular formula is C19H16O4. The highest BCUT2D eigenvalue weighted by atomic mass is 16.5. The highest BCUT2D eigenvalue weighted by molar-refractivity contribution is 6.12. The molecule has 4 heteroatoms. The van der Waals surface area contributed by atoms with E-state index in [1.807, 2.05) is 24.3 Å². The van der Waals surface area contributed by atoms with Crippen LogP contribution >= 0.6 is 0 Å². The fraction of sp³-hybridized carbons (Fsp3) is 0.0526. The molecule has 0 saturated heterocycles. The molecule has 0 saturated carbocycles. The molecule has 0 spiro atoms. The molecule has 1 N–H and O–H groups in total. The summed E-state index contributed by atoms with van der Waals surface area (Å²) in [4.78, 5) is 23.7. The minimum Gasteiger partial charge on any atom is -0.478 e. The normalized spacial score (nSPS) is 11.9. The van der Waals surface area contributed by atoms with E-state index in [4.69, 9.17) is 4.74 Å². The molecule has 2 aromatic carbocycles.